The largest absolute Gasteiger partial charge is 0.476 e. The van der Waals surface area contributed by atoms with Crippen LogP contribution < -0.4 is 15.4 Å². The first-order valence-electron chi connectivity index (χ1n) is 11.3. The average molecular weight is 515 g/mol. The quantitative estimate of drug-likeness (QED) is 0.422. The third-order valence-electron chi connectivity index (χ3n) is 6.24. The molecule has 190 valence electrons. The van der Waals surface area contributed by atoms with Gasteiger partial charge in [-0.1, -0.05) is 0 Å². The van der Waals surface area contributed by atoms with Gasteiger partial charge in [0.05, 0.1) is 31.1 Å². The summed E-state index contributed by atoms with van der Waals surface area (Å²) in [6.45, 7) is 3.08. The number of amides is 1. The second-order valence-electron chi connectivity index (χ2n) is 8.95. The number of pyridine rings is 2. The molecule has 2 aliphatic heterocycles. The molecule has 36 heavy (non-hydrogen) atoms. The van der Waals surface area contributed by atoms with Crippen molar-refractivity contribution in [3.05, 3.63) is 36.0 Å². The van der Waals surface area contributed by atoms with Crippen molar-refractivity contribution in [1.82, 2.24) is 19.7 Å². The van der Waals surface area contributed by atoms with Crippen LogP contribution in [0.3, 0.4) is 0 Å². The van der Waals surface area contributed by atoms with Crippen molar-refractivity contribution in [3.8, 4) is 17.1 Å². The molecular formula is C23H26N6O6S. The van der Waals surface area contributed by atoms with Crippen LogP contribution >= 0.6 is 0 Å². The fraction of sp³-hybridized carbons (Fsp3) is 0.391. The van der Waals surface area contributed by atoms with Gasteiger partial charge >= 0.3 is 0 Å². The summed E-state index contributed by atoms with van der Waals surface area (Å²) >= 11 is 0. The van der Waals surface area contributed by atoms with E-state index in [1.165, 1.54) is 13.0 Å². The van der Waals surface area contributed by atoms with E-state index in [9.17, 15) is 18.3 Å². The van der Waals surface area contributed by atoms with Gasteiger partial charge in [-0.3, -0.25) is 4.79 Å². The molecular weight excluding hydrogens is 488 g/mol. The van der Waals surface area contributed by atoms with Crippen LogP contribution in [0.4, 0.5) is 17.3 Å². The highest BCUT2D eigenvalue weighted by molar-refractivity contribution is 7.90. The smallest absolute Gasteiger partial charge is 0.222 e. The number of hydrogen-bond acceptors (Lipinski definition) is 10. The molecule has 1 atom stereocenters. The lowest BCUT2D eigenvalue weighted by atomic mass is 9.81. The summed E-state index contributed by atoms with van der Waals surface area (Å²) in [5.41, 5.74) is 1.56. The molecule has 0 radical (unpaired) electrons. The molecule has 0 spiro atoms. The normalized spacial score (nSPS) is 19.1. The zero-order valence-corrected chi connectivity index (χ0v) is 20.6. The SMILES string of the molecule is CC(=O)Nc1cc(Nc2cc(C3(CO)CCOC3)cc(S(C)(=O)=O)n2)c(-c2cc3n(n2)CCO3)cn1. The summed E-state index contributed by atoms with van der Waals surface area (Å²) < 4.78 is 37.8. The third kappa shape index (κ3) is 4.64. The summed E-state index contributed by atoms with van der Waals surface area (Å²) in [5, 5.41) is 20.5. The number of aliphatic hydroxyl groups is 1. The van der Waals surface area contributed by atoms with Crippen molar-refractivity contribution in [2.45, 2.75) is 30.3 Å². The molecule has 0 aromatic carbocycles. The van der Waals surface area contributed by atoms with Crippen molar-refractivity contribution in [1.29, 1.82) is 0 Å². The minimum absolute atomic E-state index is 0.130. The Labute approximate surface area is 207 Å². The number of aliphatic hydroxyl groups excluding tert-OH is 1. The Morgan fingerprint density at radius 3 is 2.72 bits per heavy atom. The fourth-order valence-electron chi connectivity index (χ4n) is 4.31. The molecule has 0 saturated carbocycles. The minimum atomic E-state index is -3.66. The van der Waals surface area contributed by atoms with Gasteiger partial charge < -0.3 is 25.2 Å². The Morgan fingerprint density at radius 1 is 1.22 bits per heavy atom. The zero-order chi connectivity index (χ0) is 25.5. The number of nitrogens with one attached hydrogen (secondary N) is 2. The highest BCUT2D eigenvalue weighted by Crippen LogP contribution is 2.37. The molecule has 2 aliphatic rings. The van der Waals surface area contributed by atoms with Crippen molar-refractivity contribution in [2.75, 3.05) is 43.3 Å². The van der Waals surface area contributed by atoms with Gasteiger partial charge in [0.15, 0.2) is 14.9 Å². The van der Waals surface area contributed by atoms with E-state index in [0.29, 0.717) is 60.4 Å². The van der Waals surface area contributed by atoms with Crippen molar-refractivity contribution in [2.24, 2.45) is 0 Å². The molecule has 5 rings (SSSR count). The van der Waals surface area contributed by atoms with E-state index in [2.05, 4.69) is 25.7 Å². The zero-order valence-electron chi connectivity index (χ0n) is 19.8. The van der Waals surface area contributed by atoms with Crippen molar-refractivity contribution < 1.29 is 27.8 Å². The number of sulfone groups is 1. The van der Waals surface area contributed by atoms with E-state index < -0.39 is 15.3 Å². The number of carbonyl (C=O) groups is 1. The number of aromatic nitrogens is 4. The lowest BCUT2D eigenvalue weighted by Gasteiger charge is -2.26. The van der Waals surface area contributed by atoms with Gasteiger partial charge in [0.2, 0.25) is 11.8 Å². The van der Waals surface area contributed by atoms with Gasteiger partial charge in [0.1, 0.15) is 18.2 Å². The van der Waals surface area contributed by atoms with Crippen molar-refractivity contribution in [3.63, 3.8) is 0 Å². The molecule has 5 heterocycles. The molecule has 1 amide bonds. The van der Waals surface area contributed by atoms with Crippen LogP contribution in [0.2, 0.25) is 0 Å². The van der Waals surface area contributed by atoms with Gasteiger partial charge in [-0.2, -0.15) is 5.10 Å². The number of anilines is 3. The first-order chi connectivity index (χ1) is 17.2. The molecule has 12 nitrogen and oxygen atoms in total. The van der Waals surface area contributed by atoms with E-state index in [-0.39, 0.29) is 30.0 Å². The maximum absolute atomic E-state index is 12.5. The Bertz CT molecular complexity index is 1410. The van der Waals surface area contributed by atoms with Gasteiger partial charge in [0.25, 0.3) is 0 Å². The van der Waals surface area contributed by atoms with Crippen LogP contribution in [0.1, 0.15) is 18.9 Å². The Balaban J connectivity index is 1.61. The number of carbonyl (C=O) groups excluding carboxylic acids is 1. The molecule has 1 fully saturated rings. The van der Waals surface area contributed by atoms with Crippen LogP contribution in [-0.2, 0) is 31.3 Å². The standard InChI is InChI=1S/C23H26N6O6S/c1-14(31)25-19-9-17(16(11-24-19)18-10-22-29(28-18)4-6-35-22)26-20-7-15(8-21(27-20)36(2,32)33)23(12-30)3-5-34-13-23/h7-11,30H,3-6,12-13H2,1-2H3,(H2,24,25,26,27,31). The van der Waals surface area contributed by atoms with Crippen LogP contribution in [0.25, 0.3) is 11.3 Å². The maximum atomic E-state index is 12.5. The number of nitrogens with zero attached hydrogens (tertiary/aromatic N) is 4. The molecule has 0 bridgehead atoms. The van der Waals surface area contributed by atoms with Crippen LogP contribution in [0.5, 0.6) is 5.88 Å². The molecule has 13 heteroatoms. The summed E-state index contributed by atoms with van der Waals surface area (Å²) in [5.74, 6) is 0.887. The Morgan fingerprint density at radius 2 is 2.06 bits per heavy atom. The van der Waals surface area contributed by atoms with Crippen LogP contribution in [0, 0.1) is 0 Å². The van der Waals surface area contributed by atoms with Crippen molar-refractivity contribution >= 4 is 33.1 Å². The van der Waals surface area contributed by atoms with Gasteiger partial charge in [-0.05, 0) is 24.1 Å². The minimum Gasteiger partial charge on any atom is -0.476 e. The predicted octanol–water partition coefficient (Wildman–Crippen LogP) is 1.49. The number of ether oxygens (including phenoxy) is 2. The third-order valence-corrected chi connectivity index (χ3v) is 7.21. The van der Waals surface area contributed by atoms with Crippen LogP contribution in [-0.4, -0.2) is 71.9 Å². The summed E-state index contributed by atoms with van der Waals surface area (Å²) in [6, 6.07) is 6.60. The second-order valence-corrected chi connectivity index (χ2v) is 10.9. The molecule has 1 saturated heterocycles. The Kier molecular flexibility index (Phi) is 6.14. The lowest BCUT2D eigenvalue weighted by Crippen LogP contribution is -2.31. The molecule has 3 N–H and O–H groups in total. The number of hydrogen-bond donors (Lipinski definition) is 3. The summed E-state index contributed by atoms with van der Waals surface area (Å²) in [7, 11) is -3.66. The highest BCUT2D eigenvalue weighted by Gasteiger charge is 2.37. The number of fused-ring (bicyclic) bond motifs is 1. The summed E-state index contributed by atoms with van der Waals surface area (Å²) in [6.07, 6.45) is 3.19. The van der Waals surface area contributed by atoms with E-state index in [1.54, 1.807) is 29.1 Å². The first-order valence-corrected chi connectivity index (χ1v) is 13.2. The average Bonchev–Trinajstić information content (AvgIpc) is 3.55. The summed E-state index contributed by atoms with van der Waals surface area (Å²) in [4.78, 5) is 20.3. The maximum Gasteiger partial charge on any atom is 0.222 e. The molecule has 3 aromatic rings. The number of rotatable bonds is 7. The van der Waals surface area contributed by atoms with E-state index in [4.69, 9.17) is 9.47 Å². The van der Waals surface area contributed by atoms with E-state index in [1.807, 2.05) is 0 Å². The molecule has 3 aromatic heterocycles. The topological polar surface area (TPSA) is 158 Å². The van der Waals surface area contributed by atoms with Gasteiger partial charge in [0, 0.05) is 49.1 Å². The molecule has 1 unspecified atom stereocenters. The van der Waals surface area contributed by atoms with E-state index in [0.717, 1.165) is 6.26 Å². The first kappa shape index (κ1) is 24.2. The fourth-order valence-corrected chi connectivity index (χ4v) is 4.92. The lowest BCUT2D eigenvalue weighted by molar-refractivity contribution is -0.114. The van der Waals surface area contributed by atoms with Gasteiger partial charge in [-0.15, -0.1) is 0 Å². The van der Waals surface area contributed by atoms with E-state index >= 15 is 0 Å². The monoisotopic (exact) mass is 514 g/mol. The highest BCUT2D eigenvalue weighted by atomic mass is 32.2. The second kappa shape index (κ2) is 9.15. The van der Waals surface area contributed by atoms with Gasteiger partial charge in [-0.25, -0.2) is 23.1 Å². The van der Waals surface area contributed by atoms with Crippen LogP contribution in [0.15, 0.2) is 35.5 Å². The Hall–Kier alpha value is -3.55. The predicted molar refractivity (Wildman–Crippen MR) is 130 cm³/mol. The molecule has 0 aliphatic carbocycles.